The van der Waals surface area contributed by atoms with E-state index in [0.717, 1.165) is 46.4 Å². The van der Waals surface area contributed by atoms with E-state index in [4.69, 9.17) is 14.7 Å². The average molecular weight is 573 g/mol. The fraction of sp³-hybridized carbons (Fsp3) is 0.172. The molecule has 0 unspecified atom stereocenters. The molecule has 0 spiro atoms. The molecule has 0 saturated carbocycles. The van der Waals surface area contributed by atoms with Gasteiger partial charge in [0, 0.05) is 41.8 Å². The molecule has 0 aliphatic carbocycles. The normalized spacial score (nSPS) is 14.0. The molecular weight excluding hydrogens is 549 g/mol. The van der Waals surface area contributed by atoms with Gasteiger partial charge < -0.3 is 20.3 Å². The molecule has 2 aliphatic rings. The van der Waals surface area contributed by atoms with Gasteiger partial charge in [0.15, 0.2) is 0 Å². The number of aliphatic imine (C=N–C) groups is 1. The summed E-state index contributed by atoms with van der Waals surface area (Å²) >= 11 is 0. The molecule has 0 atom stereocenters. The van der Waals surface area contributed by atoms with Crippen molar-refractivity contribution in [3.63, 3.8) is 0 Å². The SMILES string of the molecule is COc1ccc(Nc2ncc3c(n2)N2CCN=C2C(c2cc(NC(=O)c4cc(C(F)(F)F)ccn4)ccc2C)=C3)cn1. The first-order chi connectivity index (χ1) is 20.2. The minimum absolute atomic E-state index is 0.337. The molecule has 0 fully saturated rings. The fourth-order valence-electron chi connectivity index (χ4n) is 4.68. The number of amidine groups is 1. The number of carbonyl (C=O) groups is 1. The Labute approximate surface area is 238 Å². The molecule has 1 amide bonds. The summed E-state index contributed by atoms with van der Waals surface area (Å²) in [5, 5.41) is 5.82. The zero-order chi connectivity index (χ0) is 29.4. The number of amides is 1. The zero-order valence-electron chi connectivity index (χ0n) is 22.4. The third kappa shape index (κ3) is 5.23. The summed E-state index contributed by atoms with van der Waals surface area (Å²) in [6.45, 7) is 3.12. The smallest absolute Gasteiger partial charge is 0.416 e. The number of ether oxygens (including phenoxy) is 1. The number of nitrogens with zero attached hydrogens (tertiary/aromatic N) is 6. The van der Waals surface area contributed by atoms with E-state index in [-0.39, 0.29) is 5.69 Å². The van der Waals surface area contributed by atoms with Gasteiger partial charge in [-0.1, -0.05) is 6.07 Å². The number of aromatic nitrogens is 4. The van der Waals surface area contributed by atoms with Crippen LogP contribution in [-0.4, -0.2) is 51.9 Å². The Morgan fingerprint density at radius 2 is 1.86 bits per heavy atom. The van der Waals surface area contributed by atoms with Crippen LogP contribution in [0.25, 0.3) is 11.6 Å². The van der Waals surface area contributed by atoms with Crippen LogP contribution in [0.15, 0.2) is 66.0 Å². The Balaban J connectivity index is 1.29. The van der Waals surface area contributed by atoms with Crippen LogP contribution >= 0.6 is 0 Å². The summed E-state index contributed by atoms with van der Waals surface area (Å²) in [7, 11) is 1.55. The highest BCUT2D eigenvalue weighted by Crippen LogP contribution is 2.37. The van der Waals surface area contributed by atoms with Gasteiger partial charge in [-0.05, 0) is 54.5 Å². The van der Waals surface area contributed by atoms with Crippen LogP contribution in [0.4, 0.5) is 36.3 Å². The van der Waals surface area contributed by atoms with E-state index in [1.165, 1.54) is 0 Å². The van der Waals surface area contributed by atoms with E-state index < -0.39 is 17.6 Å². The average Bonchev–Trinajstić information content (AvgIpc) is 3.49. The molecule has 10 nitrogen and oxygen atoms in total. The van der Waals surface area contributed by atoms with Crippen molar-refractivity contribution < 1.29 is 22.7 Å². The van der Waals surface area contributed by atoms with E-state index in [9.17, 15) is 18.0 Å². The third-order valence-electron chi connectivity index (χ3n) is 6.74. The molecule has 5 heterocycles. The molecule has 6 rings (SSSR count). The highest BCUT2D eigenvalue weighted by atomic mass is 19.4. The van der Waals surface area contributed by atoms with Crippen LogP contribution in [0, 0.1) is 6.92 Å². The Bertz CT molecular complexity index is 1750. The Morgan fingerprint density at radius 1 is 1.02 bits per heavy atom. The van der Waals surface area contributed by atoms with Crippen LogP contribution in [0.1, 0.15) is 32.7 Å². The number of fused-ring (bicyclic) bond motifs is 3. The number of carbonyl (C=O) groups excluding carboxylic acids is 1. The predicted octanol–water partition coefficient (Wildman–Crippen LogP) is 5.37. The topological polar surface area (TPSA) is 118 Å². The number of methoxy groups -OCH3 is 1. The summed E-state index contributed by atoms with van der Waals surface area (Å²) in [6, 6.07) is 10.4. The quantitative estimate of drug-likeness (QED) is 0.317. The lowest BCUT2D eigenvalue weighted by Gasteiger charge is -2.28. The van der Waals surface area contributed by atoms with Crippen LogP contribution in [0.3, 0.4) is 0 Å². The lowest BCUT2D eigenvalue weighted by molar-refractivity contribution is -0.137. The summed E-state index contributed by atoms with van der Waals surface area (Å²) in [6.07, 6.45) is 1.67. The molecule has 0 saturated heterocycles. The molecular formula is C29H23F3N8O2. The molecule has 3 aromatic heterocycles. The van der Waals surface area contributed by atoms with Gasteiger partial charge in [-0.15, -0.1) is 0 Å². The van der Waals surface area contributed by atoms with Gasteiger partial charge in [-0.2, -0.15) is 18.2 Å². The van der Waals surface area contributed by atoms with Crippen LogP contribution in [-0.2, 0) is 6.18 Å². The van der Waals surface area contributed by atoms with Crippen molar-refractivity contribution in [2.24, 2.45) is 4.99 Å². The Morgan fingerprint density at radius 3 is 2.62 bits per heavy atom. The molecule has 4 aromatic rings. The molecule has 13 heteroatoms. The van der Waals surface area contributed by atoms with E-state index in [0.29, 0.717) is 42.1 Å². The van der Waals surface area contributed by atoms with Crippen molar-refractivity contribution in [3.05, 3.63) is 89.0 Å². The largest absolute Gasteiger partial charge is 0.481 e. The number of hydrogen-bond donors (Lipinski definition) is 2. The summed E-state index contributed by atoms with van der Waals surface area (Å²) < 4.78 is 44.5. The minimum Gasteiger partial charge on any atom is -0.481 e. The van der Waals surface area contributed by atoms with Crippen LogP contribution in [0.5, 0.6) is 5.88 Å². The van der Waals surface area contributed by atoms with Crippen LogP contribution in [0.2, 0.25) is 0 Å². The summed E-state index contributed by atoms with van der Waals surface area (Å²) in [5.41, 5.74) is 3.14. The number of nitrogens with one attached hydrogen (secondary N) is 2. The molecule has 1 aromatic carbocycles. The molecule has 42 heavy (non-hydrogen) atoms. The molecule has 0 radical (unpaired) electrons. The zero-order valence-corrected chi connectivity index (χ0v) is 22.4. The summed E-state index contributed by atoms with van der Waals surface area (Å²) in [4.78, 5) is 36.7. The maximum Gasteiger partial charge on any atom is 0.416 e. The standard InChI is InChI=1S/C29H23F3N8O2/c1-16-3-4-19(37-27(41)23-12-18(7-8-33-23)29(30,31)32)13-21(16)22-11-17-14-36-28(38-20-5-6-24(42-2)35-15-20)39-25(17)40-10-9-34-26(22)40/h3-8,11-15H,9-10H2,1-2H3,(H,37,41)(H,36,38,39). The number of hydrogen-bond acceptors (Lipinski definition) is 9. The first-order valence-corrected chi connectivity index (χ1v) is 12.8. The third-order valence-corrected chi connectivity index (χ3v) is 6.74. The van der Waals surface area contributed by atoms with Crippen molar-refractivity contribution >= 4 is 46.5 Å². The number of anilines is 4. The van der Waals surface area contributed by atoms with Crippen molar-refractivity contribution in [3.8, 4) is 5.88 Å². The van der Waals surface area contributed by atoms with Gasteiger partial charge >= 0.3 is 6.18 Å². The highest BCUT2D eigenvalue weighted by molar-refractivity contribution is 6.36. The Hall–Kier alpha value is -5.33. The number of pyridine rings is 2. The second-order valence-electron chi connectivity index (χ2n) is 9.51. The molecule has 0 bridgehead atoms. The molecule has 2 aliphatic heterocycles. The van der Waals surface area contributed by atoms with E-state index in [2.05, 4.69) is 25.6 Å². The highest BCUT2D eigenvalue weighted by Gasteiger charge is 2.32. The second-order valence-corrected chi connectivity index (χ2v) is 9.51. The summed E-state index contributed by atoms with van der Waals surface area (Å²) in [5.74, 6) is 1.57. The molecule has 2 N–H and O–H groups in total. The van der Waals surface area contributed by atoms with Crippen LogP contribution < -0.4 is 20.3 Å². The first-order valence-electron chi connectivity index (χ1n) is 12.8. The van der Waals surface area contributed by atoms with Crippen molar-refractivity contribution in [1.29, 1.82) is 0 Å². The molecule has 212 valence electrons. The second kappa shape index (κ2) is 10.6. The maximum absolute atomic E-state index is 13.1. The lowest BCUT2D eigenvalue weighted by Crippen LogP contribution is -2.32. The lowest BCUT2D eigenvalue weighted by atomic mass is 9.94. The van der Waals surface area contributed by atoms with E-state index in [1.54, 1.807) is 37.7 Å². The fourth-order valence-corrected chi connectivity index (χ4v) is 4.68. The van der Waals surface area contributed by atoms with Gasteiger partial charge in [0.25, 0.3) is 5.91 Å². The number of halogens is 3. The Kier molecular flexibility index (Phi) is 6.77. The van der Waals surface area contributed by atoms with Gasteiger partial charge in [-0.25, -0.2) is 9.97 Å². The van der Waals surface area contributed by atoms with Crippen molar-refractivity contribution in [2.45, 2.75) is 13.1 Å². The van der Waals surface area contributed by atoms with Gasteiger partial charge in [0.2, 0.25) is 11.8 Å². The van der Waals surface area contributed by atoms with E-state index in [1.807, 2.05) is 30.0 Å². The van der Waals surface area contributed by atoms with Gasteiger partial charge in [0.05, 0.1) is 31.1 Å². The van der Waals surface area contributed by atoms with E-state index >= 15 is 0 Å². The predicted molar refractivity (Wildman–Crippen MR) is 152 cm³/mol. The van der Waals surface area contributed by atoms with Crippen molar-refractivity contribution in [2.75, 3.05) is 35.7 Å². The number of alkyl halides is 3. The number of rotatable bonds is 6. The van der Waals surface area contributed by atoms with Gasteiger partial charge in [-0.3, -0.25) is 14.8 Å². The van der Waals surface area contributed by atoms with Crippen molar-refractivity contribution in [1.82, 2.24) is 19.9 Å². The van der Waals surface area contributed by atoms with Gasteiger partial charge in [0.1, 0.15) is 17.3 Å². The monoisotopic (exact) mass is 572 g/mol. The first kappa shape index (κ1) is 26.9. The minimum atomic E-state index is -4.58. The number of benzene rings is 1. The maximum atomic E-state index is 13.1. The number of aryl methyl sites for hydroxylation is 1.